The number of benzene rings is 3. The lowest BCUT2D eigenvalue weighted by atomic mass is 10.1. The number of fused-ring (bicyclic) bond motifs is 1. The molecular weight excluding hydrogens is 440 g/mol. The average molecular weight is 467 g/mol. The number of anilines is 2. The van der Waals surface area contributed by atoms with Gasteiger partial charge < -0.3 is 14.8 Å². The van der Waals surface area contributed by atoms with Crippen molar-refractivity contribution < 1.29 is 22.7 Å². The number of aryl methyl sites for hydroxylation is 2. The van der Waals surface area contributed by atoms with Gasteiger partial charge in [0, 0.05) is 5.69 Å². The molecule has 0 saturated heterocycles. The second kappa shape index (κ2) is 9.15. The molecule has 4 rings (SSSR count). The first-order chi connectivity index (χ1) is 15.8. The number of sulfonamides is 1. The molecule has 7 nitrogen and oxygen atoms in total. The molecule has 0 saturated carbocycles. The van der Waals surface area contributed by atoms with E-state index in [4.69, 9.17) is 9.47 Å². The minimum Gasteiger partial charge on any atom is -0.497 e. The van der Waals surface area contributed by atoms with Gasteiger partial charge in [0.15, 0.2) is 6.10 Å². The van der Waals surface area contributed by atoms with Crippen LogP contribution in [-0.2, 0) is 21.2 Å². The number of para-hydroxylation sites is 1. The van der Waals surface area contributed by atoms with Gasteiger partial charge in [-0.15, -0.1) is 0 Å². The monoisotopic (exact) mass is 466 g/mol. The highest BCUT2D eigenvalue weighted by atomic mass is 32.2. The normalized spacial score (nSPS) is 15.4. The van der Waals surface area contributed by atoms with Gasteiger partial charge in [0.1, 0.15) is 11.5 Å². The molecule has 0 aliphatic carbocycles. The van der Waals surface area contributed by atoms with Crippen molar-refractivity contribution in [2.45, 2.75) is 31.3 Å². The summed E-state index contributed by atoms with van der Waals surface area (Å²) in [6.45, 7) is 3.74. The van der Waals surface area contributed by atoms with Gasteiger partial charge in [-0.1, -0.05) is 31.2 Å². The second-order valence-corrected chi connectivity index (χ2v) is 9.65. The summed E-state index contributed by atoms with van der Waals surface area (Å²) in [6.07, 6.45) is -0.264. The molecule has 1 N–H and O–H groups in total. The molecule has 0 unspecified atom stereocenters. The first-order valence-corrected chi connectivity index (χ1v) is 12.1. The van der Waals surface area contributed by atoms with Gasteiger partial charge in [0.05, 0.1) is 24.2 Å². The smallest absolute Gasteiger partial charge is 0.267 e. The van der Waals surface area contributed by atoms with E-state index in [0.29, 0.717) is 22.9 Å². The zero-order valence-electron chi connectivity index (χ0n) is 18.7. The molecule has 0 spiro atoms. The van der Waals surface area contributed by atoms with E-state index in [1.807, 2.05) is 44.2 Å². The zero-order chi connectivity index (χ0) is 23.6. The Kier molecular flexibility index (Phi) is 6.29. The molecule has 3 aromatic rings. The summed E-state index contributed by atoms with van der Waals surface area (Å²) >= 11 is 0. The van der Waals surface area contributed by atoms with Crippen LogP contribution >= 0.6 is 0 Å². The van der Waals surface area contributed by atoms with Crippen molar-refractivity contribution in [3.05, 3.63) is 77.9 Å². The number of hydrogen-bond donors (Lipinski definition) is 1. The van der Waals surface area contributed by atoms with E-state index in [1.54, 1.807) is 24.3 Å². The Morgan fingerprint density at radius 2 is 1.85 bits per heavy atom. The Morgan fingerprint density at radius 1 is 1.12 bits per heavy atom. The van der Waals surface area contributed by atoms with Crippen LogP contribution in [0.4, 0.5) is 11.4 Å². The molecule has 1 atom stereocenters. The van der Waals surface area contributed by atoms with Gasteiger partial charge >= 0.3 is 0 Å². The molecule has 8 heteroatoms. The summed E-state index contributed by atoms with van der Waals surface area (Å²) in [5.74, 6) is 0.499. The molecule has 0 aromatic heterocycles. The van der Waals surface area contributed by atoms with E-state index in [1.165, 1.54) is 23.5 Å². The van der Waals surface area contributed by atoms with Gasteiger partial charge in [-0.05, 0) is 66.9 Å². The van der Waals surface area contributed by atoms with Crippen LogP contribution in [0.1, 0.15) is 18.1 Å². The maximum atomic E-state index is 13.6. The van der Waals surface area contributed by atoms with Gasteiger partial charge in [-0.3, -0.25) is 9.10 Å². The molecular formula is C25H26N2O5S. The molecule has 0 radical (unpaired) electrons. The van der Waals surface area contributed by atoms with E-state index in [9.17, 15) is 13.2 Å². The first kappa shape index (κ1) is 22.7. The minimum absolute atomic E-state index is 0.104. The van der Waals surface area contributed by atoms with Crippen molar-refractivity contribution in [3.8, 4) is 11.5 Å². The largest absolute Gasteiger partial charge is 0.497 e. The van der Waals surface area contributed by atoms with Crippen LogP contribution in [0.15, 0.2) is 71.6 Å². The predicted octanol–water partition coefficient (Wildman–Crippen LogP) is 4.16. The third-order valence-electron chi connectivity index (χ3n) is 5.58. The van der Waals surface area contributed by atoms with Crippen molar-refractivity contribution in [1.82, 2.24) is 0 Å². The summed E-state index contributed by atoms with van der Waals surface area (Å²) < 4.78 is 39.5. The van der Waals surface area contributed by atoms with Crippen LogP contribution < -0.4 is 19.1 Å². The number of hydrogen-bond acceptors (Lipinski definition) is 5. The lowest BCUT2D eigenvalue weighted by molar-refractivity contribution is -0.122. The Labute approximate surface area is 194 Å². The maximum absolute atomic E-state index is 13.6. The van der Waals surface area contributed by atoms with E-state index in [-0.39, 0.29) is 11.4 Å². The minimum atomic E-state index is -3.95. The number of carbonyl (C=O) groups is 1. The molecule has 3 aromatic carbocycles. The standard InChI is InChI=1S/C25H26N2O5S/c1-4-18-7-5-6-8-21(18)26-25(28)24-16-27(22-14-9-17(2)15-23(22)32-24)33(29,30)20-12-10-19(31-3)11-13-20/h5-15,24H,4,16H2,1-3H3,(H,26,28)/t24-/m0/s1. The molecule has 0 fully saturated rings. The number of rotatable bonds is 6. The van der Waals surface area contributed by atoms with Gasteiger partial charge in [0.25, 0.3) is 15.9 Å². The Morgan fingerprint density at radius 3 is 2.55 bits per heavy atom. The van der Waals surface area contributed by atoms with Crippen LogP contribution in [0.5, 0.6) is 11.5 Å². The molecule has 1 aliphatic rings. The van der Waals surface area contributed by atoms with E-state index in [0.717, 1.165) is 17.5 Å². The number of carbonyl (C=O) groups excluding carboxylic acids is 1. The fourth-order valence-electron chi connectivity index (χ4n) is 3.76. The van der Waals surface area contributed by atoms with Crippen molar-refractivity contribution in [3.63, 3.8) is 0 Å². The van der Waals surface area contributed by atoms with E-state index < -0.39 is 22.0 Å². The highest BCUT2D eigenvalue weighted by Gasteiger charge is 2.37. The van der Waals surface area contributed by atoms with Crippen LogP contribution in [0.3, 0.4) is 0 Å². The van der Waals surface area contributed by atoms with Gasteiger partial charge in [-0.2, -0.15) is 0 Å². The summed E-state index contributed by atoms with van der Waals surface area (Å²) in [7, 11) is -2.43. The third-order valence-corrected chi connectivity index (χ3v) is 7.37. The topological polar surface area (TPSA) is 84.9 Å². The lowest BCUT2D eigenvalue weighted by Gasteiger charge is -2.35. The highest BCUT2D eigenvalue weighted by molar-refractivity contribution is 7.92. The van der Waals surface area contributed by atoms with Crippen molar-refractivity contribution in [2.75, 3.05) is 23.3 Å². The van der Waals surface area contributed by atoms with Crippen LogP contribution in [0, 0.1) is 6.92 Å². The number of ether oxygens (including phenoxy) is 2. The predicted molar refractivity (Wildman–Crippen MR) is 128 cm³/mol. The van der Waals surface area contributed by atoms with E-state index in [2.05, 4.69) is 5.32 Å². The number of nitrogens with one attached hydrogen (secondary N) is 1. The van der Waals surface area contributed by atoms with Crippen LogP contribution in [0.25, 0.3) is 0 Å². The average Bonchev–Trinajstić information content (AvgIpc) is 2.83. The lowest BCUT2D eigenvalue weighted by Crippen LogP contribution is -2.48. The molecule has 1 heterocycles. The summed E-state index contributed by atoms with van der Waals surface area (Å²) in [4.78, 5) is 13.3. The summed E-state index contributed by atoms with van der Waals surface area (Å²) in [5.41, 5.74) is 2.97. The number of methoxy groups -OCH3 is 1. The number of amides is 1. The molecule has 1 aliphatic heterocycles. The fraction of sp³-hybridized carbons (Fsp3) is 0.240. The Balaban J connectivity index is 1.69. The van der Waals surface area contributed by atoms with Crippen molar-refractivity contribution in [2.24, 2.45) is 0 Å². The van der Waals surface area contributed by atoms with E-state index >= 15 is 0 Å². The highest BCUT2D eigenvalue weighted by Crippen LogP contribution is 2.38. The van der Waals surface area contributed by atoms with Gasteiger partial charge in [-0.25, -0.2) is 8.42 Å². The molecule has 172 valence electrons. The zero-order valence-corrected chi connectivity index (χ0v) is 19.6. The van der Waals surface area contributed by atoms with Crippen molar-refractivity contribution in [1.29, 1.82) is 0 Å². The second-order valence-electron chi connectivity index (χ2n) is 7.79. The summed E-state index contributed by atoms with van der Waals surface area (Å²) in [6, 6.07) is 18.9. The Bertz CT molecular complexity index is 1270. The maximum Gasteiger partial charge on any atom is 0.267 e. The quantitative estimate of drug-likeness (QED) is 0.590. The summed E-state index contributed by atoms with van der Waals surface area (Å²) in [5, 5.41) is 2.90. The van der Waals surface area contributed by atoms with Crippen molar-refractivity contribution >= 4 is 27.3 Å². The fourth-order valence-corrected chi connectivity index (χ4v) is 5.24. The van der Waals surface area contributed by atoms with Crippen LogP contribution in [-0.4, -0.2) is 34.1 Å². The Hall–Kier alpha value is -3.52. The van der Waals surface area contributed by atoms with Crippen LogP contribution in [0.2, 0.25) is 0 Å². The molecule has 33 heavy (non-hydrogen) atoms. The first-order valence-electron chi connectivity index (χ1n) is 10.7. The molecule has 0 bridgehead atoms. The van der Waals surface area contributed by atoms with Gasteiger partial charge in [0.2, 0.25) is 0 Å². The molecule has 1 amide bonds. The number of nitrogens with zero attached hydrogens (tertiary/aromatic N) is 1. The SMILES string of the molecule is CCc1ccccc1NC(=O)[C@@H]1CN(S(=O)(=O)c2ccc(OC)cc2)c2ccc(C)cc2O1. The third kappa shape index (κ3) is 4.52.